The first-order valence-electron chi connectivity index (χ1n) is 9.70. The van der Waals surface area contributed by atoms with Gasteiger partial charge in [-0.1, -0.05) is 6.08 Å². The van der Waals surface area contributed by atoms with Gasteiger partial charge in [0.2, 0.25) is 11.8 Å². The van der Waals surface area contributed by atoms with E-state index in [1.54, 1.807) is 25.6 Å². The molecule has 1 aliphatic heterocycles. The normalized spacial score (nSPS) is 16.8. The molecule has 1 aliphatic rings. The van der Waals surface area contributed by atoms with Gasteiger partial charge in [0.1, 0.15) is 5.69 Å². The van der Waals surface area contributed by atoms with Crippen LogP contribution < -0.4 is 20.9 Å². The van der Waals surface area contributed by atoms with E-state index in [0.29, 0.717) is 24.7 Å². The number of piperidine rings is 1. The lowest BCUT2D eigenvalue weighted by molar-refractivity contribution is -0.127. The molecule has 1 fully saturated rings. The van der Waals surface area contributed by atoms with Gasteiger partial charge in [-0.15, -0.1) is 0 Å². The molecule has 154 valence electrons. The van der Waals surface area contributed by atoms with Crippen LogP contribution in [0.3, 0.4) is 0 Å². The van der Waals surface area contributed by atoms with Gasteiger partial charge in [-0.05, 0) is 37.6 Å². The third kappa shape index (κ3) is 5.45. The molecule has 1 unspecified atom stereocenters. The summed E-state index contributed by atoms with van der Waals surface area (Å²) in [4.78, 5) is 33.4. The van der Waals surface area contributed by atoms with E-state index in [0.717, 1.165) is 30.5 Å². The molecule has 29 heavy (non-hydrogen) atoms. The molecule has 2 aromatic heterocycles. The van der Waals surface area contributed by atoms with E-state index in [2.05, 4.69) is 20.6 Å². The lowest BCUT2D eigenvalue weighted by atomic mass is 10.0. The summed E-state index contributed by atoms with van der Waals surface area (Å²) in [7, 11) is 3.40. The fourth-order valence-electron chi connectivity index (χ4n) is 3.36. The van der Waals surface area contributed by atoms with E-state index in [9.17, 15) is 9.59 Å². The summed E-state index contributed by atoms with van der Waals surface area (Å²) in [5.41, 5.74) is 2.05. The Balaban J connectivity index is 1.72. The van der Waals surface area contributed by atoms with Crippen LogP contribution in [0.4, 0.5) is 5.69 Å². The molecule has 0 aliphatic carbocycles. The first-order chi connectivity index (χ1) is 14.1. The van der Waals surface area contributed by atoms with Crippen LogP contribution in [-0.2, 0) is 4.79 Å². The smallest absolute Gasteiger partial charge is 0.271 e. The van der Waals surface area contributed by atoms with E-state index < -0.39 is 0 Å². The number of likely N-dealkylation sites (N-methyl/N-ethyl adjacent to an activating group) is 1. The Hall–Kier alpha value is -3.13. The number of nitrogens with zero attached hydrogens (tertiary/aromatic N) is 2. The fourth-order valence-corrected chi connectivity index (χ4v) is 3.36. The number of aromatic nitrogens is 2. The van der Waals surface area contributed by atoms with Gasteiger partial charge in [0.25, 0.3) is 5.56 Å². The fraction of sp³-hybridized carbons (Fsp3) is 0.381. The third-order valence-electron chi connectivity index (χ3n) is 4.86. The second kappa shape index (κ2) is 9.88. The van der Waals surface area contributed by atoms with Gasteiger partial charge in [0.05, 0.1) is 7.11 Å². The largest absolute Gasteiger partial charge is 0.481 e. The second-order valence-electron chi connectivity index (χ2n) is 6.95. The minimum atomic E-state index is -0.188. The number of H-pyrrole nitrogens is 1. The number of likely N-dealkylation sites (tertiary alicyclic amines) is 1. The van der Waals surface area contributed by atoms with Crippen LogP contribution in [0.15, 0.2) is 47.5 Å². The topological polar surface area (TPSA) is 99.3 Å². The van der Waals surface area contributed by atoms with Gasteiger partial charge in [-0.2, -0.15) is 0 Å². The highest BCUT2D eigenvalue weighted by molar-refractivity contribution is 5.87. The van der Waals surface area contributed by atoms with Crippen molar-refractivity contribution in [2.45, 2.75) is 18.9 Å². The summed E-state index contributed by atoms with van der Waals surface area (Å²) >= 11 is 0. The Morgan fingerprint density at radius 1 is 1.41 bits per heavy atom. The Morgan fingerprint density at radius 2 is 2.28 bits per heavy atom. The van der Waals surface area contributed by atoms with E-state index in [-0.39, 0.29) is 17.5 Å². The summed E-state index contributed by atoms with van der Waals surface area (Å²) in [6.45, 7) is 1.95. The van der Waals surface area contributed by atoms with E-state index in [1.807, 2.05) is 36.2 Å². The molecule has 0 saturated carbocycles. The first-order valence-corrected chi connectivity index (χ1v) is 9.70. The van der Waals surface area contributed by atoms with Crippen LogP contribution >= 0.6 is 0 Å². The summed E-state index contributed by atoms with van der Waals surface area (Å²) in [6.07, 6.45) is 8.54. The highest BCUT2D eigenvalue weighted by Crippen LogP contribution is 2.23. The minimum Gasteiger partial charge on any atom is -0.481 e. The number of rotatable bonds is 7. The van der Waals surface area contributed by atoms with E-state index in [4.69, 9.17) is 4.74 Å². The molecule has 8 nitrogen and oxygen atoms in total. The third-order valence-corrected chi connectivity index (χ3v) is 4.86. The molecule has 3 heterocycles. The molecule has 0 radical (unpaired) electrons. The number of pyridine rings is 2. The Bertz CT molecular complexity index is 925. The van der Waals surface area contributed by atoms with Crippen molar-refractivity contribution in [2.75, 3.05) is 39.1 Å². The zero-order chi connectivity index (χ0) is 20.6. The number of hydrogen-bond donors (Lipinski definition) is 3. The molecular weight excluding hydrogens is 370 g/mol. The molecule has 1 atom stereocenters. The molecule has 8 heteroatoms. The average molecular weight is 397 g/mol. The predicted molar refractivity (Wildman–Crippen MR) is 113 cm³/mol. The predicted octanol–water partition coefficient (Wildman–Crippen LogP) is 1.62. The quantitative estimate of drug-likeness (QED) is 0.614. The number of amides is 1. The average Bonchev–Trinajstić information content (AvgIpc) is 2.75. The Labute approximate surface area is 170 Å². The molecule has 1 amide bonds. The van der Waals surface area contributed by atoms with E-state index >= 15 is 0 Å². The summed E-state index contributed by atoms with van der Waals surface area (Å²) in [5, 5.41) is 6.30. The number of carbonyl (C=O) groups excluding carboxylic acids is 1. The highest BCUT2D eigenvalue weighted by Gasteiger charge is 2.23. The number of anilines is 1. The first kappa shape index (κ1) is 20.6. The maximum Gasteiger partial charge on any atom is 0.271 e. The second-order valence-corrected chi connectivity index (χ2v) is 6.95. The number of aromatic amines is 1. The van der Waals surface area contributed by atoms with Gasteiger partial charge in [-0.25, -0.2) is 4.98 Å². The number of carbonyl (C=O) groups is 1. The van der Waals surface area contributed by atoms with Gasteiger partial charge >= 0.3 is 0 Å². The van der Waals surface area contributed by atoms with Crippen LogP contribution in [0.5, 0.6) is 5.88 Å². The molecule has 3 N–H and O–H groups in total. The van der Waals surface area contributed by atoms with Crippen LogP contribution in [0.25, 0.3) is 11.1 Å². The monoisotopic (exact) mass is 397 g/mol. The molecule has 0 bridgehead atoms. The van der Waals surface area contributed by atoms with Crippen molar-refractivity contribution in [3.05, 3.63) is 53.1 Å². The van der Waals surface area contributed by atoms with Crippen molar-refractivity contribution < 1.29 is 9.53 Å². The minimum absolute atomic E-state index is 0.00158. The molecule has 0 aromatic carbocycles. The molecule has 0 spiro atoms. The Kier molecular flexibility index (Phi) is 7.02. The summed E-state index contributed by atoms with van der Waals surface area (Å²) in [5.74, 6) is 0.509. The van der Waals surface area contributed by atoms with Crippen molar-refractivity contribution >= 4 is 11.6 Å². The van der Waals surface area contributed by atoms with Crippen molar-refractivity contribution in [3.63, 3.8) is 0 Å². The van der Waals surface area contributed by atoms with Crippen molar-refractivity contribution in [3.8, 4) is 17.0 Å². The maximum absolute atomic E-state index is 12.3. The SMILES string of the molecule is CNCC=CC(=O)N1CCCC(Nc2cc(-c3ccnc(OC)c3)c[nH]c2=O)C1. The van der Waals surface area contributed by atoms with Gasteiger partial charge < -0.3 is 25.3 Å². The van der Waals surface area contributed by atoms with Gasteiger partial charge in [-0.3, -0.25) is 9.59 Å². The standard InChI is InChI=1S/C21H27N5O3/c1-22-8-3-6-20(27)26-10-4-5-17(14-26)25-18-11-16(13-24-21(18)28)15-7-9-23-19(12-15)29-2/h3,6-7,9,11-13,17,22,25H,4-5,8,10,14H2,1-2H3,(H,24,28). The van der Waals surface area contributed by atoms with Crippen molar-refractivity contribution in [1.29, 1.82) is 0 Å². The Morgan fingerprint density at radius 3 is 3.07 bits per heavy atom. The van der Waals surface area contributed by atoms with E-state index in [1.165, 1.54) is 0 Å². The highest BCUT2D eigenvalue weighted by atomic mass is 16.5. The number of nitrogens with one attached hydrogen (secondary N) is 3. The molecule has 2 aromatic rings. The number of hydrogen-bond acceptors (Lipinski definition) is 6. The van der Waals surface area contributed by atoms with Crippen molar-refractivity contribution in [2.24, 2.45) is 0 Å². The number of ether oxygens (including phenoxy) is 1. The zero-order valence-electron chi connectivity index (χ0n) is 16.8. The van der Waals surface area contributed by atoms with Crippen LogP contribution in [0.1, 0.15) is 12.8 Å². The molecule has 1 saturated heterocycles. The summed E-state index contributed by atoms with van der Waals surface area (Å²) < 4.78 is 5.18. The van der Waals surface area contributed by atoms with Crippen LogP contribution in [0.2, 0.25) is 0 Å². The van der Waals surface area contributed by atoms with Crippen molar-refractivity contribution in [1.82, 2.24) is 20.2 Å². The van der Waals surface area contributed by atoms with Crippen LogP contribution in [0, 0.1) is 0 Å². The molecular formula is C21H27N5O3. The number of methoxy groups -OCH3 is 1. The lowest BCUT2D eigenvalue weighted by Gasteiger charge is -2.33. The maximum atomic E-state index is 12.3. The molecule has 3 rings (SSSR count). The zero-order valence-corrected chi connectivity index (χ0v) is 16.8. The van der Waals surface area contributed by atoms with Gasteiger partial charge in [0.15, 0.2) is 0 Å². The summed E-state index contributed by atoms with van der Waals surface area (Å²) in [6, 6.07) is 5.52. The van der Waals surface area contributed by atoms with Crippen LogP contribution in [-0.4, -0.2) is 60.6 Å². The lowest BCUT2D eigenvalue weighted by Crippen LogP contribution is -2.45. The van der Waals surface area contributed by atoms with Gasteiger partial charge in [0, 0.05) is 55.8 Å².